The minimum absolute atomic E-state index is 0.222. The molecule has 0 aliphatic heterocycles. The molecule has 9 nitrogen and oxygen atoms in total. The van der Waals surface area contributed by atoms with Crippen LogP contribution in [-0.2, 0) is 13.1 Å². The third kappa shape index (κ3) is 5.68. The van der Waals surface area contributed by atoms with Crippen molar-refractivity contribution in [3.63, 3.8) is 0 Å². The Morgan fingerprint density at radius 3 is 2.68 bits per heavy atom. The summed E-state index contributed by atoms with van der Waals surface area (Å²) in [4.78, 5) is 24.8. The summed E-state index contributed by atoms with van der Waals surface area (Å²) in [6, 6.07) is 11.0. The highest BCUT2D eigenvalue weighted by Crippen LogP contribution is 2.31. The van der Waals surface area contributed by atoms with E-state index >= 15 is 0 Å². The Morgan fingerprint density at radius 2 is 1.97 bits per heavy atom. The van der Waals surface area contributed by atoms with Crippen LogP contribution in [-0.4, -0.2) is 64.9 Å². The lowest BCUT2D eigenvalue weighted by Crippen LogP contribution is -2.27. The summed E-state index contributed by atoms with van der Waals surface area (Å²) in [7, 11) is 5.48. The van der Waals surface area contributed by atoms with Crippen LogP contribution in [0.3, 0.4) is 0 Å². The first kappa shape index (κ1) is 26.4. The number of nitrogens with one attached hydrogen (secondary N) is 2. The van der Waals surface area contributed by atoms with E-state index in [2.05, 4.69) is 15.7 Å². The Labute approximate surface area is 221 Å². The molecule has 0 fully saturated rings. The zero-order chi connectivity index (χ0) is 26.5. The zero-order valence-corrected chi connectivity index (χ0v) is 22.6. The number of amides is 1. The summed E-state index contributed by atoms with van der Waals surface area (Å²) in [5.41, 5.74) is 4.53. The normalized spacial score (nSPS) is 11.1. The van der Waals surface area contributed by atoms with Gasteiger partial charge >= 0.3 is 0 Å². The number of aryl methyl sites for hydroxylation is 1. The fraction of sp³-hybridized carbons (Fsp3) is 0.333. The molecule has 0 radical (unpaired) electrons. The number of likely N-dealkylation sites (N-methyl/N-ethyl adjacent to an activating group) is 1. The number of hydrogen-bond donors (Lipinski definition) is 2. The van der Waals surface area contributed by atoms with Crippen LogP contribution in [0.5, 0.6) is 5.75 Å². The Kier molecular flexibility index (Phi) is 8.25. The molecule has 0 atom stereocenters. The summed E-state index contributed by atoms with van der Waals surface area (Å²) >= 11 is 6.29. The second-order valence-corrected chi connectivity index (χ2v) is 9.14. The summed E-state index contributed by atoms with van der Waals surface area (Å²) in [5.74, 6) is 0.952. The monoisotopic (exact) mass is 521 g/mol. The van der Waals surface area contributed by atoms with Gasteiger partial charge in [-0.05, 0) is 57.3 Å². The summed E-state index contributed by atoms with van der Waals surface area (Å²) < 4.78 is 7.78. The molecule has 0 spiro atoms. The fourth-order valence-corrected chi connectivity index (χ4v) is 4.29. The highest BCUT2D eigenvalue weighted by Gasteiger charge is 2.21. The lowest BCUT2D eigenvalue weighted by atomic mass is 10.1. The van der Waals surface area contributed by atoms with Crippen LogP contribution in [0.4, 0.5) is 5.69 Å². The summed E-state index contributed by atoms with van der Waals surface area (Å²) in [6.07, 6.45) is 1.81. The van der Waals surface area contributed by atoms with E-state index in [1.165, 1.54) is 0 Å². The van der Waals surface area contributed by atoms with Crippen molar-refractivity contribution in [2.75, 3.05) is 39.6 Å². The molecule has 2 aromatic carbocycles. The standard InChI is InChI=1S/C27H32ClN7O2/c1-6-35-17(2)19(15-31-35)16-34(5)27(36)25-21-14-20(28)8-9-22(21)32-26(33-25)18-7-10-24(23(13-18)30-4)37-12-11-29-3/h7-10,13-15,29-30H,6,11-12,16H2,1-5H3. The van der Waals surface area contributed by atoms with E-state index in [1.54, 1.807) is 24.1 Å². The average molecular weight is 522 g/mol. The molecule has 0 unspecified atom stereocenters. The maximum atomic E-state index is 13.7. The number of aromatic nitrogens is 4. The van der Waals surface area contributed by atoms with E-state index in [4.69, 9.17) is 26.3 Å². The molecule has 37 heavy (non-hydrogen) atoms. The average Bonchev–Trinajstić information content (AvgIpc) is 3.26. The third-order valence-electron chi connectivity index (χ3n) is 6.24. The number of carbonyl (C=O) groups excluding carboxylic acids is 1. The molecule has 0 saturated carbocycles. The number of carbonyl (C=O) groups is 1. The second kappa shape index (κ2) is 11.6. The van der Waals surface area contributed by atoms with Gasteiger partial charge in [-0.2, -0.15) is 5.10 Å². The zero-order valence-electron chi connectivity index (χ0n) is 21.8. The first-order chi connectivity index (χ1) is 17.9. The third-order valence-corrected chi connectivity index (χ3v) is 6.47. The molecule has 4 rings (SSSR count). The van der Waals surface area contributed by atoms with Gasteiger partial charge in [0.1, 0.15) is 18.1 Å². The summed E-state index contributed by atoms with van der Waals surface area (Å²) in [6.45, 7) is 6.51. The van der Waals surface area contributed by atoms with E-state index in [1.807, 2.05) is 63.1 Å². The SMILES string of the molecule is CCn1ncc(CN(C)C(=O)c2nc(-c3ccc(OCCNC)c(NC)c3)nc3ccc(Cl)cc23)c1C. The molecular weight excluding hydrogens is 490 g/mol. The molecular formula is C27H32ClN7O2. The van der Waals surface area contributed by atoms with Crippen LogP contribution in [0.2, 0.25) is 5.02 Å². The van der Waals surface area contributed by atoms with Crippen LogP contribution in [0.25, 0.3) is 22.3 Å². The van der Waals surface area contributed by atoms with E-state index in [-0.39, 0.29) is 5.91 Å². The molecule has 0 aliphatic carbocycles. The number of halogens is 1. The molecule has 0 saturated heterocycles. The topological polar surface area (TPSA) is 97.2 Å². The molecule has 4 aromatic rings. The van der Waals surface area contributed by atoms with E-state index in [9.17, 15) is 4.79 Å². The lowest BCUT2D eigenvalue weighted by Gasteiger charge is -2.18. The predicted octanol–water partition coefficient (Wildman–Crippen LogP) is 4.39. The molecule has 2 heterocycles. The quantitative estimate of drug-likeness (QED) is 0.299. The number of nitrogens with zero attached hydrogens (tertiary/aromatic N) is 5. The summed E-state index contributed by atoms with van der Waals surface area (Å²) in [5, 5.41) is 11.8. The van der Waals surface area contributed by atoms with E-state index in [0.717, 1.165) is 41.3 Å². The van der Waals surface area contributed by atoms with Crippen molar-refractivity contribution in [3.05, 3.63) is 64.6 Å². The Bertz CT molecular complexity index is 1420. The minimum Gasteiger partial charge on any atom is -0.490 e. The Hall–Kier alpha value is -3.69. The Morgan fingerprint density at radius 1 is 1.16 bits per heavy atom. The number of rotatable bonds is 10. The second-order valence-electron chi connectivity index (χ2n) is 8.70. The van der Waals surface area contributed by atoms with E-state index < -0.39 is 0 Å². The van der Waals surface area contributed by atoms with Crippen molar-refractivity contribution >= 4 is 34.1 Å². The molecule has 2 aromatic heterocycles. The number of benzene rings is 2. The van der Waals surface area contributed by atoms with Gasteiger partial charge in [-0.25, -0.2) is 9.97 Å². The molecule has 2 N–H and O–H groups in total. The van der Waals surface area contributed by atoms with Crippen LogP contribution in [0.15, 0.2) is 42.6 Å². The van der Waals surface area contributed by atoms with Crippen molar-refractivity contribution < 1.29 is 9.53 Å². The van der Waals surface area contributed by atoms with Crippen LogP contribution in [0.1, 0.15) is 28.7 Å². The fourth-order valence-electron chi connectivity index (χ4n) is 4.11. The van der Waals surface area contributed by atoms with Gasteiger partial charge in [0.2, 0.25) is 0 Å². The number of anilines is 1. The van der Waals surface area contributed by atoms with E-state index in [0.29, 0.717) is 40.6 Å². The van der Waals surface area contributed by atoms with Crippen LogP contribution >= 0.6 is 11.6 Å². The van der Waals surface area contributed by atoms with Crippen molar-refractivity contribution in [1.29, 1.82) is 0 Å². The van der Waals surface area contributed by atoms with Crippen molar-refractivity contribution in [1.82, 2.24) is 30.0 Å². The van der Waals surface area contributed by atoms with Gasteiger partial charge < -0.3 is 20.3 Å². The molecule has 1 amide bonds. The highest BCUT2D eigenvalue weighted by atomic mass is 35.5. The minimum atomic E-state index is -0.222. The molecule has 194 valence electrons. The molecule has 10 heteroatoms. The van der Waals surface area contributed by atoms with Crippen molar-refractivity contribution in [3.8, 4) is 17.1 Å². The Balaban J connectivity index is 1.73. The number of ether oxygens (including phenoxy) is 1. The smallest absolute Gasteiger partial charge is 0.273 e. The predicted molar refractivity (Wildman–Crippen MR) is 147 cm³/mol. The maximum Gasteiger partial charge on any atom is 0.273 e. The largest absolute Gasteiger partial charge is 0.490 e. The lowest BCUT2D eigenvalue weighted by molar-refractivity contribution is 0.0781. The maximum absolute atomic E-state index is 13.7. The number of fused-ring (bicyclic) bond motifs is 1. The van der Waals surface area contributed by atoms with Gasteiger partial charge in [0.25, 0.3) is 5.91 Å². The van der Waals surface area contributed by atoms with Crippen molar-refractivity contribution in [2.45, 2.75) is 26.9 Å². The molecule has 0 aliphatic rings. The van der Waals surface area contributed by atoms with Gasteiger partial charge in [-0.3, -0.25) is 9.48 Å². The first-order valence-electron chi connectivity index (χ1n) is 12.2. The van der Waals surface area contributed by atoms with Gasteiger partial charge in [-0.1, -0.05) is 11.6 Å². The number of hydrogen-bond acceptors (Lipinski definition) is 7. The van der Waals surface area contributed by atoms with Gasteiger partial charge in [0.15, 0.2) is 5.82 Å². The molecule has 0 bridgehead atoms. The van der Waals surface area contributed by atoms with Gasteiger partial charge in [0.05, 0.1) is 17.4 Å². The van der Waals surface area contributed by atoms with Crippen LogP contribution in [0, 0.1) is 6.92 Å². The van der Waals surface area contributed by atoms with Gasteiger partial charge in [0, 0.05) is 61.0 Å². The van der Waals surface area contributed by atoms with Crippen molar-refractivity contribution in [2.24, 2.45) is 0 Å². The van der Waals surface area contributed by atoms with Gasteiger partial charge in [-0.15, -0.1) is 0 Å². The first-order valence-corrected chi connectivity index (χ1v) is 12.6. The van der Waals surface area contributed by atoms with Crippen LogP contribution < -0.4 is 15.4 Å². The highest BCUT2D eigenvalue weighted by molar-refractivity contribution is 6.31.